The number of amides is 1. The Balaban J connectivity index is 1.96. The lowest BCUT2D eigenvalue weighted by molar-refractivity contribution is -0.150. The number of aliphatic imine (C=N–C) groups is 1. The van der Waals surface area contributed by atoms with Gasteiger partial charge >= 0.3 is 5.97 Å². The third kappa shape index (κ3) is 8.32. The monoisotopic (exact) mass is 412 g/mol. The predicted octanol–water partition coefficient (Wildman–Crippen LogP) is 0.872. The molecule has 8 nitrogen and oxygen atoms in total. The highest BCUT2D eigenvalue weighted by atomic mass is 16.5. The van der Waals surface area contributed by atoms with Gasteiger partial charge in [0.2, 0.25) is 5.91 Å². The van der Waals surface area contributed by atoms with E-state index in [0.717, 1.165) is 11.1 Å². The lowest BCUT2D eigenvalue weighted by atomic mass is 10.1. The summed E-state index contributed by atoms with van der Waals surface area (Å²) >= 11 is 0. The minimum Gasteiger partial charge on any atom is -0.459 e. The van der Waals surface area contributed by atoms with Crippen LogP contribution in [-0.2, 0) is 27.4 Å². The van der Waals surface area contributed by atoms with E-state index in [1.54, 1.807) is 0 Å². The number of aliphatic hydroxyl groups is 1. The van der Waals surface area contributed by atoms with Gasteiger partial charge in [0.25, 0.3) is 0 Å². The largest absolute Gasteiger partial charge is 0.459 e. The van der Waals surface area contributed by atoms with E-state index in [2.05, 4.69) is 10.3 Å². The summed E-state index contributed by atoms with van der Waals surface area (Å²) in [4.78, 5) is 28.9. The maximum atomic E-state index is 12.7. The molecule has 2 atom stereocenters. The summed E-state index contributed by atoms with van der Waals surface area (Å²) in [5.41, 5.74) is 12.2. The Hall–Kier alpha value is -3.39. The summed E-state index contributed by atoms with van der Waals surface area (Å²) in [6.45, 7) is 0.404. The van der Waals surface area contributed by atoms with Crippen molar-refractivity contribution in [2.45, 2.75) is 38.0 Å². The zero-order valence-corrected chi connectivity index (χ0v) is 16.7. The predicted molar refractivity (Wildman–Crippen MR) is 114 cm³/mol. The first-order valence-corrected chi connectivity index (χ1v) is 9.74. The number of carbonyl (C=O) groups is 2. The highest BCUT2D eigenvalue weighted by Crippen LogP contribution is 2.08. The summed E-state index contributed by atoms with van der Waals surface area (Å²) in [5.74, 6) is -1.25. The molecule has 30 heavy (non-hydrogen) atoms. The van der Waals surface area contributed by atoms with Crippen molar-refractivity contribution in [3.63, 3.8) is 0 Å². The first-order chi connectivity index (χ1) is 14.5. The van der Waals surface area contributed by atoms with Crippen molar-refractivity contribution >= 4 is 17.8 Å². The second-order valence-electron chi connectivity index (χ2n) is 6.81. The number of hydrogen-bond donors (Lipinski definition) is 4. The van der Waals surface area contributed by atoms with Gasteiger partial charge in [0.15, 0.2) is 5.96 Å². The zero-order valence-electron chi connectivity index (χ0n) is 16.7. The van der Waals surface area contributed by atoms with Gasteiger partial charge in [0.05, 0.1) is 0 Å². The van der Waals surface area contributed by atoms with E-state index in [-0.39, 0.29) is 25.4 Å². The maximum absolute atomic E-state index is 12.7. The van der Waals surface area contributed by atoms with Gasteiger partial charge in [-0.25, -0.2) is 4.79 Å². The van der Waals surface area contributed by atoms with Crippen molar-refractivity contribution in [1.29, 1.82) is 0 Å². The number of nitrogens with two attached hydrogens (primary N) is 2. The van der Waals surface area contributed by atoms with Crippen LogP contribution in [0.3, 0.4) is 0 Å². The fourth-order valence-electron chi connectivity index (χ4n) is 2.76. The van der Waals surface area contributed by atoms with Gasteiger partial charge < -0.3 is 26.6 Å². The van der Waals surface area contributed by atoms with Crippen molar-refractivity contribution in [3.8, 4) is 0 Å². The molecule has 0 aliphatic carbocycles. The number of hydrogen-bond acceptors (Lipinski definition) is 5. The molecular weight excluding hydrogens is 384 g/mol. The smallest absolute Gasteiger partial charge is 0.329 e. The van der Waals surface area contributed by atoms with Crippen molar-refractivity contribution in [2.75, 3.05) is 6.54 Å². The standard InChI is InChI=1S/C22H28N4O4/c23-22(24)25-13-7-12-19(27)20(28)26-18(14-16-8-3-1-4-9-16)21(29)30-15-17-10-5-2-6-11-17/h1-6,8-11,18-19,27H,7,12-15H2,(H,26,28)(H4,23,24,25)/t18-,19+/m0/s1. The van der Waals surface area contributed by atoms with Crippen molar-refractivity contribution in [3.05, 3.63) is 71.8 Å². The first kappa shape index (κ1) is 22.9. The van der Waals surface area contributed by atoms with Gasteiger partial charge in [-0.05, 0) is 24.0 Å². The molecule has 0 fully saturated rings. The van der Waals surface area contributed by atoms with E-state index < -0.39 is 24.0 Å². The minimum absolute atomic E-state index is 0.0435. The Morgan fingerprint density at radius 1 is 1.00 bits per heavy atom. The molecule has 0 spiro atoms. The molecule has 0 aliphatic rings. The summed E-state index contributed by atoms with van der Waals surface area (Å²) in [7, 11) is 0. The van der Waals surface area contributed by atoms with E-state index in [1.165, 1.54) is 0 Å². The number of carbonyl (C=O) groups excluding carboxylic acids is 2. The lowest BCUT2D eigenvalue weighted by Crippen LogP contribution is -2.47. The fraction of sp³-hybridized carbons (Fsp3) is 0.318. The molecule has 160 valence electrons. The molecule has 0 aliphatic heterocycles. The summed E-state index contributed by atoms with van der Waals surface area (Å²) in [6, 6.07) is 17.6. The van der Waals surface area contributed by atoms with Crippen LogP contribution >= 0.6 is 0 Å². The molecule has 0 radical (unpaired) electrons. The van der Waals surface area contributed by atoms with Crippen LogP contribution in [0, 0.1) is 0 Å². The highest BCUT2D eigenvalue weighted by Gasteiger charge is 2.26. The maximum Gasteiger partial charge on any atom is 0.329 e. The molecule has 0 unspecified atom stereocenters. The van der Waals surface area contributed by atoms with Crippen LogP contribution in [0.5, 0.6) is 0 Å². The minimum atomic E-state index is -1.28. The summed E-state index contributed by atoms with van der Waals surface area (Å²) in [6.07, 6.45) is -0.436. The van der Waals surface area contributed by atoms with Crippen LogP contribution in [-0.4, -0.2) is 41.6 Å². The Kier molecular flexibility index (Phi) is 9.33. The third-order valence-electron chi connectivity index (χ3n) is 4.34. The number of nitrogens with zero attached hydrogens (tertiary/aromatic N) is 1. The molecule has 2 aromatic rings. The average molecular weight is 412 g/mol. The van der Waals surface area contributed by atoms with E-state index in [9.17, 15) is 14.7 Å². The van der Waals surface area contributed by atoms with E-state index in [4.69, 9.17) is 16.2 Å². The van der Waals surface area contributed by atoms with Crippen LogP contribution in [0.4, 0.5) is 0 Å². The Labute approximate surface area is 175 Å². The van der Waals surface area contributed by atoms with Crippen molar-refractivity contribution in [1.82, 2.24) is 5.32 Å². The summed E-state index contributed by atoms with van der Waals surface area (Å²) in [5, 5.41) is 12.7. The van der Waals surface area contributed by atoms with Crippen LogP contribution in [0.25, 0.3) is 0 Å². The second-order valence-corrected chi connectivity index (χ2v) is 6.81. The molecule has 0 saturated heterocycles. The number of esters is 1. The van der Waals surface area contributed by atoms with Crippen molar-refractivity contribution in [2.24, 2.45) is 16.5 Å². The van der Waals surface area contributed by atoms with Gasteiger partial charge in [-0.2, -0.15) is 0 Å². The van der Waals surface area contributed by atoms with Gasteiger partial charge in [-0.1, -0.05) is 60.7 Å². The van der Waals surface area contributed by atoms with Crippen molar-refractivity contribution < 1.29 is 19.4 Å². The molecule has 0 heterocycles. The Bertz CT molecular complexity index is 824. The van der Waals surface area contributed by atoms with E-state index in [0.29, 0.717) is 13.0 Å². The SMILES string of the molecule is NC(N)=NCCC[C@@H](O)C(=O)N[C@@H](Cc1ccccc1)C(=O)OCc1ccccc1. The molecule has 8 heteroatoms. The number of guanidine groups is 1. The lowest BCUT2D eigenvalue weighted by Gasteiger charge is -2.20. The van der Waals surface area contributed by atoms with E-state index in [1.807, 2.05) is 60.7 Å². The van der Waals surface area contributed by atoms with Crippen LogP contribution in [0.15, 0.2) is 65.7 Å². The van der Waals surface area contributed by atoms with Crippen LogP contribution in [0.1, 0.15) is 24.0 Å². The van der Waals surface area contributed by atoms with Crippen LogP contribution in [0.2, 0.25) is 0 Å². The molecule has 1 amide bonds. The topological polar surface area (TPSA) is 140 Å². The molecule has 2 aromatic carbocycles. The first-order valence-electron chi connectivity index (χ1n) is 9.74. The Morgan fingerprint density at radius 3 is 2.20 bits per heavy atom. The average Bonchev–Trinajstić information content (AvgIpc) is 2.75. The third-order valence-corrected chi connectivity index (χ3v) is 4.34. The van der Waals surface area contributed by atoms with Crippen LogP contribution < -0.4 is 16.8 Å². The summed E-state index contributed by atoms with van der Waals surface area (Å²) < 4.78 is 5.39. The molecule has 0 bridgehead atoms. The Morgan fingerprint density at radius 2 is 1.60 bits per heavy atom. The molecular formula is C22H28N4O4. The van der Waals surface area contributed by atoms with Gasteiger partial charge in [0.1, 0.15) is 18.8 Å². The second kappa shape index (κ2) is 12.2. The normalized spacial score (nSPS) is 12.4. The quantitative estimate of drug-likeness (QED) is 0.187. The molecule has 0 aromatic heterocycles. The number of aliphatic hydroxyl groups excluding tert-OH is 1. The van der Waals surface area contributed by atoms with Gasteiger partial charge in [-0.3, -0.25) is 9.79 Å². The number of ether oxygens (including phenoxy) is 1. The van der Waals surface area contributed by atoms with E-state index >= 15 is 0 Å². The number of benzene rings is 2. The molecule has 2 rings (SSSR count). The number of nitrogens with one attached hydrogen (secondary N) is 1. The fourth-order valence-corrected chi connectivity index (χ4v) is 2.76. The van der Waals surface area contributed by atoms with Gasteiger partial charge in [0, 0.05) is 13.0 Å². The zero-order chi connectivity index (χ0) is 21.8. The number of rotatable bonds is 11. The van der Waals surface area contributed by atoms with Gasteiger partial charge in [-0.15, -0.1) is 0 Å². The molecule has 6 N–H and O–H groups in total. The molecule has 0 saturated carbocycles. The highest BCUT2D eigenvalue weighted by molar-refractivity contribution is 5.87.